The van der Waals surface area contributed by atoms with Gasteiger partial charge in [0, 0.05) is 6.54 Å². The Balaban J connectivity index is 1.46. The highest BCUT2D eigenvalue weighted by Gasteiger charge is 2.11. The van der Waals surface area contributed by atoms with Gasteiger partial charge in [0.1, 0.15) is 6.33 Å². The molecule has 3 rings (SSSR count). The van der Waals surface area contributed by atoms with Gasteiger partial charge < -0.3 is 10.1 Å². The molecule has 2 aromatic carbocycles. The van der Waals surface area contributed by atoms with Gasteiger partial charge in [-0.1, -0.05) is 36.4 Å². The van der Waals surface area contributed by atoms with Gasteiger partial charge in [-0.05, 0) is 40.6 Å². The zero-order valence-corrected chi connectivity index (χ0v) is 13.9. The summed E-state index contributed by atoms with van der Waals surface area (Å²) in [6, 6.07) is 16.4. The summed E-state index contributed by atoms with van der Waals surface area (Å²) in [6.07, 6.45) is 2.14. The fourth-order valence-electron chi connectivity index (χ4n) is 2.31. The maximum atomic E-state index is 12.1. The number of carbonyl (C=O) groups excluding carboxylic acids is 2. The van der Waals surface area contributed by atoms with Crippen molar-refractivity contribution >= 4 is 11.9 Å². The third-order valence-corrected chi connectivity index (χ3v) is 3.61. The molecule has 0 unspecified atom stereocenters. The number of hydrogen-bond acceptors (Lipinski definition) is 6. The van der Waals surface area contributed by atoms with E-state index in [1.54, 1.807) is 24.3 Å². The van der Waals surface area contributed by atoms with Crippen molar-refractivity contribution < 1.29 is 14.3 Å². The van der Waals surface area contributed by atoms with Gasteiger partial charge >= 0.3 is 5.97 Å². The number of benzene rings is 2. The Morgan fingerprint density at radius 3 is 2.69 bits per heavy atom. The number of hydrogen-bond donors (Lipinski definition) is 1. The summed E-state index contributed by atoms with van der Waals surface area (Å²) in [5.74, 6) is -0.927. The Morgan fingerprint density at radius 1 is 1.08 bits per heavy atom. The van der Waals surface area contributed by atoms with Crippen molar-refractivity contribution in [3.05, 3.63) is 72.1 Å². The second kappa shape index (κ2) is 8.52. The molecule has 1 aromatic heterocycles. The summed E-state index contributed by atoms with van der Waals surface area (Å²) in [6.45, 7) is 0.151. The predicted octanol–water partition coefficient (Wildman–Crippen LogP) is 1.18. The number of carbonyl (C=O) groups is 2. The molecule has 26 heavy (non-hydrogen) atoms. The molecular formula is C18H17N5O3. The highest BCUT2D eigenvalue weighted by atomic mass is 16.5. The maximum absolute atomic E-state index is 12.1. The van der Waals surface area contributed by atoms with Crippen molar-refractivity contribution in [2.45, 2.75) is 6.42 Å². The number of tetrazole rings is 1. The molecule has 0 spiro atoms. The van der Waals surface area contributed by atoms with E-state index >= 15 is 0 Å². The van der Waals surface area contributed by atoms with Gasteiger partial charge in [0.25, 0.3) is 5.91 Å². The van der Waals surface area contributed by atoms with E-state index in [1.165, 1.54) is 11.0 Å². The predicted molar refractivity (Wildman–Crippen MR) is 92.6 cm³/mol. The Hall–Kier alpha value is -3.55. The Morgan fingerprint density at radius 2 is 1.92 bits per heavy atom. The van der Waals surface area contributed by atoms with Crippen LogP contribution in [0.5, 0.6) is 0 Å². The van der Waals surface area contributed by atoms with Gasteiger partial charge in [-0.15, -0.1) is 5.10 Å². The van der Waals surface area contributed by atoms with Crippen LogP contribution in [-0.4, -0.2) is 45.2 Å². The zero-order chi connectivity index (χ0) is 18.2. The second-order valence-corrected chi connectivity index (χ2v) is 5.47. The number of esters is 1. The number of amides is 1. The molecule has 0 saturated heterocycles. The van der Waals surface area contributed by atoms with Crippen LogP contribution in [0.4, 0.5) is 0 Å². The Kier molecular flexibility index (Phi) is 5.66. The normalized spacial score (nSPS) is 10.3. The van der Waals surface area contributed by atoms with Crippen molar-refractivity contribution in [2.24, 2.45) is 0 Å². The number of rotatable bonds is 7. The maximum Gasteiger partial charge on any atom is 0.338 e. The third-order valence-electron chi connectivity index (χ3n) is 3.61. The van der Waals surface area contributed by atoms with Crippen LogP contribution in [0.15, 0.2) is 60.9 Å². The molecule has 1 N–H and O–H groups in total. The van der Waals surface area contributed by atoms with Crippen molar-refractivity contribution in [1.29, 1.82) is 0 Å². The molecule has 132 valence electrons. The summed E-state index contributed by atoms with van der Waals surface area (Å²) in [7, 11) is 0. The topological polar surface area (TPSA) is 99.0 Å². The van der Waals surface area contributed by atoms with E-state index in [1.807, 2.05) is 30.3 Å². The summed E-state index contributed by atoms with van der Waals surface area (Å²) < 4.78 is 6.48. The van der Waals surface area contributed by atoms with Crippen LogP contribution in [0, 0.1) is 0 Å². The molecule has 8 nitrogen and oxygen atoms in total. The third kappa shape index (κ3) is 4.73. The Bertz CT molecular complexity index is 866. The fraction of sp³-hybridized carbons (Fsp3) is 0.167. The monoisotopic (exact) mass is 351 g/mol. The van der Waals surface area contributed by atoms with E-state index in [0.29, 0.717) is 24.2 Å². The van der Waals surface area contributed by atoms with Crippen molar-refractivity contribution in [3.8, 4) is 5.69 Å². The van der Waals surface area contributed by atoms with Gasteiger partial charge in [0.2, 0.25) is 0 Å². The van der Waals surface area contributed by atoms with Crippen molar-refractivity contribution in [1.82, 2.24) is 25.5 Å². The number of nitrogens with one attached hydrogen (secondary N) is 1. The molecule has 0 aliphatic rings. The molecule has 0 fully saturated rings. The molecular weight excluding hydrogens is 334 g/mol. The first-order chi connectivity index (χ1) is 12.7. The van der Waals surface area contributed by atoms with Gasteiger partial charge in [0.05, 0.1) is 11.3 Å². The lowest BCUT2D eigenvalue weighted by Gasteiger charge is -2.07. The lowest BCUT2D eigenvalue weighted by molar-refractivity contribution is -0.124. The molecule has 8 heteroatoms. The summed E-state index contributed by atoms with van der Waals surface area (Å²) in [5, 5.41) is 13.6. The van der Waals surface area contributed by atoms with Crippen molar-refractivity contribution in [3.63, 3.8) is 0 Å². The summed E-state index contributed by atoms with van der Waals surface area (Å²) >= 11 is 0. The second-order valence-electron chi connectivity index (χ2n) is 5.47. The fourth-order valence-corrected chi connectivity index (χ4v) is 2.31. The van der Waals surface area contributed by atoms with Gasteiger partial charge in [-0.3, -0.25) is 4.79 Å². The molecule has 0 saturated carbocycles. The largest absolute Gasteiger partial charge is 0.452 e. The minimum atomic E-state index is -0.585. The first kappa shape index (κ1) is 17.3. The number of ether oxygens (including phenoxy) is 1. The summed E-state index contributed by atoms with van der Waals surface area (Å²) in [5.41, 5.74) is 2.07. The molecule has 0 aliphatic carbocycles. The first-order valence-corrected chi connectivity index (χ1v) is 8.03. The average molecular weight is 351 g/mol. The van der Waals surface area contributed by atoms with E-state index in [4.69, 9.17) is 4.74 Å². The quantitative estimate of drug-likeness (QED) is 0.642. The van der Waals surface area contributed by atoms with Gasteiger partial charge in [0.15, 0.2) is 6.61 Å². The molecule has 0 aliphatic heterocycles. The standard InChI is InChI=1S/C18H17N5O3/c24-17(19-10-9-14-5-2-1-3-6-14)12-26-18(25)15-7-4-8-16(11-15)23-13-20-21-22-23/h1-8,11,13H,9-10,12H2,(H,19,24). The Labute approximate surface area is 149 Å². The zero-order valence-electron chi connectivity index (χ0n) is 13.9. The lowest BCUT2D eigenvalue weighted by atomic mass is 10.1. The van der Waals surface area contributed by atoms with Crippen LogP contribution < -0.4 is 5.32 Å². The number of aromatic nitrogens is 4. The van der Waals surface area contributed by atoms with Crippen LogP contribution in [0.1, 0.15) is 15.9 Å². The van der Waals surface area contributed by atoms with E-state index in [2.05, 4.69) is 20.8 Å². The molecule has 3 aromatic rings. The van der Waals surface area contributed by atoms with Crippen LogP contribution >= 0.6 is 0 Å². The van der Waals surface area contributed by atoms with E-state index in [0.717, 1.165) is 5.56 Å². The molecule has 1 heterocycles. The average Bonchev–Trinajstić information content (AvgIpc) is 3.22. The summed E-state index contributed by atoms with van der Waals surface area (Å²) in [4.78, 5) is 23.9. The molecule has 1 amide bonds. The molecule has 0 radical (unpaired) electrons. The molecule has 0 atom stereocenters. The molecule has 0 bridgehead atoms. The van der Waals surface area contributed by atoms with E-state index < -0.39 is 5.97 Å². The van der Waals surface area contributed by atoms with Crippen molar-refractivity contribution in [2.75, 3.05) is 13.2 Å². The minimum Gasteiger partial charge on any atom is -0.452 e. The van der Waals surface area contributed by atoms with Crippen LogP contribution in [-0.2, 0) is 16.0 Å². The van der Waals surface area contributed by atoms with Gasteiger partial charge in [-0.25, -0.2) is 9.48 Å². The van der Waals surface area contributed by atoms with Crippen LogP contribution in [0.2, 0.25) is 0 Å². The van der Waals surface area contributed by atoms with Crippen LogP contribution in [0.3, 0.4) is 0 Å². The lowest BCUT2D eigenvalue weighted by Crippen LogP contribution is -2.30. The first-order valence-electron chi connectivity index (χ1n) is 8.03. The van der Waals surface area contributed by atoms with Gasteiger partial charge in [-0.2, -0.15) is 0 Å². The van der Waals surface area contributed by atoms with E-state index in [9.17, 15) is 9.59 Å². The highest BCUT2D eigenvalue weighted by molar-refractivity contribution is 5.91. The smallest absolute Gasteiger partial charge is 0.338 e. The number of nitrogens with zero attached hydrogens (tertiary/aromatic N) is 4. The van der Waals surface area contributed by atoms with Crippen LogP contribution in [0.25, 0.3) is 5.69 Å². The van der Waals surface area contributed by atoms with E-state index in [-0.39, 0.29) is 12.5 Å². The highest BCUT2D eigenvalue weighted by Crippen LogP contribution is 2.10. The minimum absolute atomic E-state index is 0.315. The SMILES string of the molecule is O=C(COC(=O)c1cccc(-n2cnnn2)c1)NCCc1ccccc1.